The van der Waals surface area contributed by atoms with E-state index in [-0.39, 0.29) is 10.9 Å². The molecule has 1 saturated heterocycles. The van der Waals surface area contributed by atoms with Crippen LogP contribution in [-0.4, -0.2) is 33.4 Å². The molecule has 8 rings (SSSR count). The van der Waals surface area contributed by atoms with Crippen LogP contribution in [-0.2, 0) is 10.3 Å². The molecule has 1 atom stereocenters. The van der Waals surface area contributed by atoms with E-state index >= 15 is 8.78 Å². The number of nitrogens with zero attached hydrogens (tertiary/aromatic N) is 1. The highest BCUT2D eigenvalue weighted by Crippen LogP contribution is 2.50. The molecule has 2 heterocycles. The first-order chi connectivity index (χ1) is 21.6. The normalized spacial score (nSPS) is 18.0. The zero-order chi connectivity index (χ0) is 29.8. The second-order valence-corrected chi connectivity index (χ2v) is 11.3. The smallest absolute Gasteiger partial charge is 0.178 e. The number of hydrogen-bond donors (Lipinski definition) is 0. The Morgan fingerprint density at radius 1 is 0.682 bits per heavy atom. The van der Waals surface area contributed by atoms with E-state index in [9.17, 15) is 0 Å². The Hall–Kier alpha value is -4.94. The number of benzene rings is 6. The average molecular weight is 586 g/mol. The van der Waals surface area contributed by atoms with Gasteiger partial charge in [-0.25, -0.2) is 8.78 Å². The third-order valence-electron chi connectivity index (χ3n) is 8.99. The van der Waals surface area contributed by atoms with E-state index in [1.807, 2.05) is 78.9 Å². The lowest BCUT2D eigenvalue weighted by molar-refractivity contribution is 0.122. The minimum Gasteiger partial charge on any atom is -0.497 e. The zero-order valence-corrected chi connectivity index (χ0v) is 24.1. The molecule has 44 heavy (non-hydrogen) atoms. The minimum absolute atomic E-state index is 0.101. The third-order valence-corrected chi connectivity index (χ3v) is 8.99. The largest absolute Gasteiger partial charge is 0.497 e. The molecule has 0 spiro atoms. The van der Waals surface area contributed by atoms with Gasteiger partial charge in [0.1, 0.15) is 11.5 Å². The first kappa shape index (κ1) is 26.7. The van der Waals surface area contributed by atoms with E-state index in [1.165, 1.54) is 0 Å². The fourth-order valence-corrected chi connectivity index (χ4v) is 6.78. The summed E-state index contributed by atoms with van der Waals surface area (Å²) in [6, 6.07) is 31.4. The van der Waals surface area contributed by atoms with Crippen molar-refractivity contribution < 1.29 is 23.0 Å². The highest BCUT2D eigenvalue weighted by Gasteiger charge is 2.40. The van der Waals surface area contributed by atoms with Gasteiger partial charge in [-0.05, 0) is 58.0 Å². The quantitative estimate of drug-likeness (QED) is 0.194. The molecule has 6 heteroatoms. The molecule has 2 aliphatic heterocycles. The SMILES string of the molecule is COc1ccc(C2(c3ccc(N4CCOCC4)cc3)C=Cc3c(F)c(F)c4c5ccccc5c5ccccc5c4c3O2)cc1. The molecule has 0 aliphatic carbocycles. The molecule has 0 N–H and O–H groups in total. The second-order valence-electron chi connectivity index (χ2n) is 11.3. The highest BCUT2D eigenvalue weighted by atomic mass is 19.2. The average Bonchev–Trinajstić information content (AvgIpc) is 3.10. The van der Waals surface area contributed by atoms with Crippen LogP contribution in [0.15, 0.2) is 103 Å². The van der Waals surface area contributed by atoms with E-state index in [2.05, 4.69) is 29.2 Å². The molecule has 4 nitrogen and oxygen atoms in total. The van der Waals surface area contributed by atoms with Gasteiger partial charge in [0.05, 0.1) is 25.9 Å². The highest BCUT2D eigenvalue weighted by molar-refractivity contribution is 6.27. The van der Waals surface area contributed by atoms with E-state index in [0.717, 1.165) is 46.1 Å². The molecule has 6 aromatic carbocycles. The number of fused-ring (bicyclic) bond motifs is 8. The number of hydrogen-bond acceptors (Lipinski definition) is 4. The van der Waals surface area contributed by atoms with Crippen molar-refractivity contribution in [1.29, 1.82) is 0 Å². The van der Waals surface area contributed by atoms with Gasteiger partial charge in [0.25, 0.3) is 0 Å². The van der Waals surface area contributed by atoms with E-state index in [0.29, 0.717) is 35.5 Å². The van der Waals surface area contributed by atoms with Gasteiger partial charge in [-0.15, -0.1) is 0 Å². The number of anilines is 1. The number of ether oxygens (including phenoxy) is 3. The number of methoxy groups -OCH3 is 1. The zero-order valence-electron chi connectivity index (χ0n) is 24.1. The van der Waals surface area contributed by atoms with Gasteiger partial charge >= 0.3 is 0 Å². The standard InChI is InChI=1S/C38H29F2NO3/c1-42-27-16-12-25(13-17-27)38(24-10-14-26(15-11-24)41-20-22-43-23-21-41)19-18-32-35(39)36(40)33-30-8-4-2-6-28(30)29-7-3-5-9-31(29)34(33)37(32)44-38/h2-19H,20-23H2,1H3. The molecule has 1 fully saturated rings. The van der Waals surface area contributed by atoms with Gasteiger partial charge in [-0.2, -0.15) is 0 Å². The molecule has 0 amide bonds. The fourth-order valence-electron chi connectivity index (χ4n) is 6.78. The Balaban J connectivity index is 1.40. The summed E-state index contributed by atoms with van der Waals surface area (Å²) in [4.78, 5) is 2.29. The summed E-state index contributed by atoms with van der Waals surface area (Å²) in [7, 11) is 1.63. The Bertz CT molecular complexity index is 2080. The lowest BCUT2D eigenvalue weighted by Crippen LogP contribution is -2.37. The summed E-state index contributed by atoms with van der Waals surface area (Å²) in [6.07, 6.45) is 3.50. The first-order valence-electron chi connectivity index (χ1n) is 14.8. The van der Waals surface area contributed by atoms with E-state index in [4.69, 9.17) is 14.2 Å². The van der Waals surface area contributed by atoms with Crippen molar-refractivity contribution in [1.82, 2.24) is 0 Å². The van der Waals surface area contributed by atoms with Crippen LogP contribution < -0.4 is 14.4 Å². The van der Waals surface area contributed by atoms with Crippen LogP contribution in [0.3, 0.4) is 0 Å². The first-order valence-corrected chi connectivity index (χ1v) is 14.8. The summed E-state index contributed by atoms with van der Waals surface area (Å²) in [5.74, 6) is -0.768. The monoisotopic (exact) mass is 585 g/mol. The maximum absolute atomic E-state index is 16.1. The fraction of sp³-hybridized carbons (Fsp3) is 0.158. The van der Waals surface area contributed by atoms with Crippen molar-refractivity contribution in [2.45, 2.75) is 5.60 Å². The van der Waals surface area contributed by atoms with Crippen LogP contribution in [0.1, 0.15) is 16.7 Å². The molecule has 2 aliphatic rings. The van der Waals surface area contributed by atoms with Gasteiger partial charge in [0.15, 0.2) is 17.2 Å². The van der Waals surface area contributed by atoms with Crippen LogP contribution in [0.5, 0.6) is 11.5 Å². The van der Waals surface area contributed by atoms with E-state index in [1.54, 1.807) is 13.2 Å². The van der Waals surface area contributed by atoms with Gasteiger partial charge in [0, 0.05) is 40.7 Å². The lowest BCUT2D eigenvalue weighted by atomic mass is 9.82. The van der Waals surface area contributed by atoms with Crippen LogP contribution >= 0.6 is 0 Å². The topological polar surface area (TPSA) is 30.9 Å². The van der Waals surface area contributed by atoms with Crippen molar-refractivity contribution in [2.75, 3.05) is 38.3 Å². The summed E-state index contributed by atoms with van der Waals surface area (Å²) in [6.45, 7) is 3.03. The van der Waals surface area contributed by atoms with Gasteiger partial charge in [0.2, 0.25) is 0 Å². The van der Waals surface area contributed by atoms with Crippen molar-refractivity contribution in [3.8, 4) is 11.5 Å². The second kappa shape index (κ2) is 10.4. The molecular formula is C38H29F2NO3. The summed E-state index contributed by atoms with van der Waals surface area (Å²) in [5.41, 5.74) is 1.78. The maximum Gasteiger partial charge on any atom is 0.178 e. The van der Waals surface area contributed by atoms with Crippen molar-refractivity contribution >= 4 is 44.1 Å². The van der Waals surface area contributed by atoms with Gasteiger partial charge in [-0.1, -0.05) is 72.8 Å². The molecule has 0 aromatic heterocycles. The van der Waals surface area contributed by atoms with Gasteiger partial charge in [-0.3, -0.25) is 0 Å². The van der Waals surface area contributed by atoms with E-state index < -0.39 is 17.2 Å². The number of rotatable bonds is 4. The van der Waals surface area contributed by atoms with Crippen LogP contribution in [0.25, 0.3) is 38.4 Å². The van der Waals surface area contributed by atoms with Crippen LogP contribution in [0.4, 0.5) is 14.5 Å². The molecule has 0 bridgehead atoms. The molecule has 0 radical (unpaired) electrons. The lowest BCUT2D eigenvalue weighted by Gasteiger charge is -2.37. The predicted octanol–water partition coefficient (Wildman–Crippen LogP) is 8.62. The Morgan fingerprint density at radius 2 is 1.25 bits per heavy atom. The van der Waals surface area contributed by atoms with Crippen molar-refractivity contribution in [3.63, 3.8) is 0 Å². The Morgan fingerprint density at radius 3 is 1.86 bits per heavy atom. The molecular weight excluding hydrogens is 556 g/mol. The Labute approximate surface area is 253 Å². The van der Waals surface area contributed by atoms with Crippen LogP contribution in [0.2, 0.25) is 0 Å². The third kappa shape index (κ3) is 3.98. The molecule has 6 aromatic rings. The predicted molar refractivity (Wildman–Crippen MR) is 172 cm³/mol. The summed E-state index contributed by atoms with van der Waals surface area (Å²) in [5, 5.41) is 4.03. The molecule has 218 valence electrons. The maximum atomic E-state index is 16.1. The van der Waals surface area contributed by atoms with Gasteiger partial charge < -0.3 is 19.1 Å². The summed E-state index contributed by atoms with van der Waals surface area (Å²) < 4.78 is 50.2. The number of halogens is 2. The minimum atomic E-state index is -1.12. The number of morpholine rings is 1. The molecule has 0 saturated carbocycles. The Kier molecular flexibility index (Phi) is 6.27. The van der Waals surface area contributed by atoms with Crippen molar-refractivity contribution in [2.24, 2.45) is 0 Å². The molecule has 1 unspecified atom stereocenters. The van der Waals surface area contributed by atoms with Crippen LogP contribution in [0, 0.1) is 11.6 Å². The summed E-state index contributed by atoms with van der Waals surface area (Å²) >= 11 is 0. The van der Waals surface area contributed by atoms with Crippen molar-refractivity contribution in [3.05, 3.63) is 131 Å².